The standard InChI is InChI=1S/C66H73N5O27P4S2/c1-8-69-50-29-25-42(104(86,87)88)34-49(50)65(6,7)56(69)20-12-10-13-21-57-64(4,5)48-33-41(103-95-94-77)24-28-51(48)70(57)31-17-11-14-22-58(73)67-36-44-53(89-9-2)30-27-47-60(44)91-54-32-40(23-26-46(54)66(47)45-19-16-15-18-43(45)62(75)92-66)93-100(80,81)97-102(84,85)98-101(82,83)96-99(78,79)38-55-52(72)35-59(90-55)71-37-39(3)61(74)68-63(71)76/h10,12-13,15-16,18-21,23-30,32-34,37,52,55,59,72H,8-9,11,14,17,22,31,35-36,38H2,1-7H3,(H7-,67,68,73,74,76,77,78,79,80,81,82,83,84,85,86,87,88)/p+1/t52-,55?,59?,66?/m0/s1. The number of amides is 1. The van der Waals surface area contributed by atoms with Crippen LogP contribution >= 0.6 is 43.1 Å². The van der Waals surface area contributed by atoms with E-state index in [0.717, 1.165) is 68.8 Å². The van der Waals surface area contributed by atoms with Crippen molar-refractivity contribution in [1.82, 2.24) is 14.9 Å². The lowest BCUT2D eigenvalue weighted by Gasteiger charge is -2.37. The number of nitrogens with zero attached hydrogens (tertiary/aromatic N) is 3. The molecule has 6 heterocycles. The molecule has 1 spiro atoms. The molecule has 5 aliphatic heterocycles. The molecule has 556 valence electrons. The van der Waals surface area contributed by atoms with Gasteiger partial charge in [0, 0.05) is 99.7 Å². The highest BCUT2D eigenvalue weighted by atomic mass is 32.2. The van der Waals surface area contributed by atoms with Crippen molar-refractivity contribution in [2.24, 2.45) is 0 Å². The lowest BCUT2D eigenvalue weighted by atomic mass is 9.77. The van der Waals surface area contributed by atoms with Crippen LogP contribution < -0.4 is 35.5 Å². The van der Waals surface area contributed by atoms with Gasteiger partial charge >= 0.3 is 42.7 Å². The van der Waals surface area contributed by atoms with Crippen LogP contribution in [0.5, 0.6) is 23.0 Å². The van der Waals surface area contributed by atoms with Crippen molar-refractivity contribution in [3.8, 4) is 23.0 Å². The van der Waals surface area contributed by atoms with E-state index in [4.69, 9.17) is 33.1 Å². The largest absolute Gasteiger partial charge is 0.536 e. The third-order valence-electron chi connectivity index (χ3n) is 18.1. The molecule has 0 bridgehead atoms. The van der Waals surface area contributed by atoms with E-state index in [0.29, 0.717) is 42.8 Å². The molecule has 1 fully saturated rings. The number of hydrogen-bond donors (Lipinski definition) is 9. The number of H-pyrrole nitrogens is 1. The topological polar surface area (TPSA) is 444 Å². The van der Waals surface area contributed by atoms with Gasteiger partial charge < -0.3 is 53.5 Å². The van der Waals surface area contributed by atoms with Gasteiger partial charge in [0.2, 0.25) is 11.6 Å². The Balaban J connectivity index is 0.770. The molecule has 7 unspecified atom stereocenters. The fourth-order valence-corrected chi connectivity index (χ4v) is 20.1. The number of aryl methyl sites for hydroxylation is 1. The number of aromatic amines is 1. The number of aliphatic hydroxyl groups excluding tert-OH is 1. The fraction of sp³-hybridized carbons (Fsp3) is 0.348. The van der Waals surface area contributed by atoms with Crippen molar-refractivity contribution < 1.29 is 121 Å². The van der Waals surface area contributed by atoms with E-state index in [-0.39, 0.29) is 81.9 Å². The predicted octanol–water partition coefficient (Wildman–Crippen LogP) is 10.8. The van der Waals surface area contributed by atoms with Crippen molar-refractivity contribution in [3.05, 3.63) is 199 Å². The lowest BCUT2D eigenvalue weighted by Crippen LogP contribution is -2.34. The van der Waals surface area contributed by atoms with Crippen LogP contribution in [0.15, 0.2) is 153 Å². The van der Waals surface area contributed by atoms with Crippen LogP contribution in [0, 0.1) is 6.92 Å². The Bertz CT molecular complexity index is 5020. The number of phosphoric ester groups is 1. The molecule has 104 heavy (non-hydrogen) atoms. The predicted molar refractivity (Wildman–Crippen MR) is 373 cm³/mol. The summed E-state index contributed by atoms with van der Waals surface area (Å²) in [5, 5.41) is 26.3. The van der Waals surface area contributed by atoms with Gasteiger partial charge in [-0.15, -0.1) is 4.33 Å². The van der Waals surface area contributed by atoms with E-state index in [2.05, 4.69) is 46.6 Å². The first-order chi connectivity index (χ1) is 48.9. The molecule has 11 rings (SSSR count). The number of aromatic nitrogens is 2. The SMILES string of the molecule is CCOc1ccc2c(c1CNC(=O)CCCCC[N+]1=C(/C=C/C=C/C=C3/N(CC)c4ccc(S(=O)(=O)O)cc4C3(C)C)C(C)(C)c3cc(SOOO)ccc31)Oc1cc(OP(=O)(O)OP(=O)(O)OP(=O)(O)OP(=O)(O)CC3OC(n4cc(C)c(=O)[nH]c4=O)C[C@@H]3O)ccc1C21OC(=O)c2ccccc21. The molecule has 1 saturated heterocycles. The Morgan fingerprint density at radius 1 is 0.827 bits per heavy atom. The van der Waals surface area contributed by atoms with Crippen molar-refractivity contribution in [1.29, 1.82) is 0 Å². The second-order valence-electron chi connectivity index (χ2n) is 25.7. The van der Waals surface area contributed by atoms with Gasteiger partial charge in [-0.2, -0.15) is 21.6 Å². The number of anilines is 1. The number of phosphoric acid groups is 3. The number of unbranched alkanes of at least 4 members (excludes halogenated alkanes) is 2. The Morgan fingerprint density at radius 3 is 2.29 bits per heavy atom. The highest BCUT2D eigenvalue weighted by Crippen LogP contribution is 2.72. The summed E-state index contributed by atoms with van der Waals surface area (Å²) >= 11 is 0.840. The minimum Gasteiger partial charge on any atom is -0.493 e. The Hall–Kier alpha value is -7.49. The maximum absolute atomic E-state index is 14.0. The van der Waals surface area contributed by atoms with Crippen LogP contribution in [0.2, 0.25) is 0 Å². The van der Waals surface area contributed by atoms with Crippen LogP contribution in [0.25, 0.3) is 0 Å². The molecular weight excluding hydrogens is 1480 g/mol. The minimum absolute atomic E-state index is 0.0172. The fourth-order valence-electron chi connectivity index (χ4n) is 13.5. The summed E-state index contributed by atoms with van der Waals surface area (Å²) < 4.78 is 137. The zero-order valence-corrected chi connectivity index (χ0v) is 61.9. The third kappa shape index (κ3) is 16.1. The zero-order chi connectivity index (χ0) is 75.3. The van der Waals surface area contributed by atoms with Crippen LogP contribution in [0.4, 0.5) is 11.4 Å². The summed E-state index contributed by atoms with van der Waals surface area (Å²) in [7, 11) is -28.5. The zero-order valence-electron chi connectivity index (χ0n) is 56.7. The maximum Gasteiger partial charge on any atom is 0.536 e. The van der Waals surface area contributed by atoms with E-state index in [1.54, 1.807) is 49.4 Å². The molecule has 1 aromatic heterocycles. The van der Waals surface area contributed by atoms with Crippen LogP contribution in [-0.2, 0) is 87.9 Å². The van der Waals surface area contributed by atoms with Gasteiger partial charge in [-0.05, 0) is 120 Å². The first-order valence-electron chi connectivity index (χ1n) is 32.3. The molecule has 38 heteroatoms. The number of likely N-dealkylation sites (N-methyl/N-ethyl adjacent to an activating group) is 1. The monoisotopic (exact) mass is 1560 g/mol. The van der Waals surface area contributed by atoms with Crippen molar-refractivity contribution in [2.75, 3.05) is 30.8 Å². The van der Waals surface area contributed by atoms with Crippen molar-refractivity contribution in [2.45, 2.75) is 132 Å². The quantitative estimate of drug-likeness (QED) is 0.00242. The first kappa shape index (κ1) is 77.6. The van der Waals surface area contributed by atoms with Gasteiger partial charge in [-0.25, -0.2) is 32.9 Å². The number of rotatable bonds is 29. The second kappa shape index (κ2) is 30.0. The highest BCUT2D eigenvalue weighted by molar-refractivity contribution is 7.94. The number of aliphatic hydroxyl groups is 1. The van der Waals surface area contributed by atoms with Crippen LogP contribution in [-0.4, -0.2) is 113 Å². The summed E-state index contributed by atoms with van der Waals surface area (Å²) in [6, 6.07) is 23.5. The molecule has 9 N–H and O–H groups in total. The van der Waals surface area contributed by atoms with E-state index >= 15 is 0 Å². The number of ether oxygens (including phenoxy) is 4. The van der Waals surface area contributed by atoms with Crippen LogP contribution in [0.1, 0.15) is 129 Å². The summed E-state index contributed by atoms with van der Waals surface area (Å²) in [6.07, 6.45) is 6.44. The van der Waals surface area contributed by atoms with Gasteiger partial charge in [0.25, 0.3) is 15.7 Å². The second-order valence-corrected chi connectivity index (χ2v) is 34.5. The number of allylic oxidation sites excluding steroid dienone is 6. The number of hydrogen-bond acceptors (Lipinski definition) is 24. The van der Waals surface area contributed by atoms with Gasteiger partial charge in [-0.3, -0.25) is 33.2 Å². The molecule has 0 aliphatic carbocycles. The highest BCUT2D eigenvalue weighted by Gasteiger charge is 2.55. The average molecular weight is 1560 g/mol. The molecule has 8 atom stereocenters. The first-order valence-corrected chi connectivity index (χ1v) is 40.8. The smallest absolute Gasteiger partial charge is 0.493 e. The van der Waals surface area contributed by atoms with Gasteiger partial charge in [0.15, 0.2) is 11.3 Å². The van der Waals surface area contributed by atoms with Crippen molar-refractivity contribution in [3.63, 3.8) is 0 Å². The molecule has 32 nitrogen and oxygen atoms in total. The minimum atomic E-state index is -6.33. The summed E-state index contributed by atoms with van der Waals surface area (Å²) in [5.74, 6) is -1.65. The Labute approximate surface area is 599 Å². The van der Waals surface area contributed by atoms with Crippen LogP contribution in [0.3, 0.4) is 0 Å². The lowest BCUT2D eigenvalue weighted by molar-refractivity contribution is -0.438. The number of benzene rings is 5. The number of esters is 1. The van der Waals surface area contributed by atoms with Gasteiger partial charge in [0.1, 0.15) is 35.8 Å². The van der Waals surface area contributed by atoms with E-state index in [1.165, 1.54) is 25.1 Å². The van der Waals surface area contributed by atoms with E-state index < -0.39 is 105 Å². The average Bonchev–Trinajstić information content (AvgIpc) is 1.40. The molecule has 0 radical (unpaired) electrons. The maximum atomic E-state index is 14.0. The van der Waals surface area contributed by atoms with Crippen molar-refractivity contribution >= 4 is 82.2 Å². The summed E-state index contributed by atoms with van der Waals surface area (Å²) in [4.78, 5) is 99.1. The summed E-state index contributed by atoms with van der Waals surface area (Å²) in [6.45, 7) is 14.3. The molecular formula is C66H74N5O27P4S2+. The number of carbonyl (C=O) groups excluding carboxylic acids is 2. The number of carbonyl (C=O) groups is 2. The van der Waals surface area contributed by atoms with Gasteiger partial charge in [-0.1, -0.05) is 55.3 Å². The molecule has 5 aromatic carbocycles. The molecule has 0 saturated carbocycles. The van der Waals surface area contributed by atoms with Gasteiger partial charge in [0.05, 0.1) is 65.0 Å². The number of fused-ring (bicyclic) bond motifs is 8. The number of nitrogens with one attached hydrogen (secondary N) is 2. The molecule has 1 amide bonds. The Kier molecular flexibility index (Phi) is 22.4. The third-order valence-corrected chi connectivity index (χ3v) is 26.0. The Morgan fingerprint density at radius 2 is 1.56 bits per heavy atom. The molecule has 6 aromatic rings. The van der Waals surface area contributed by atoms with E-state index in [1.807, 2.05) is 74.3 Å². The van der Waals surface area contributed by atoms with E-state index in [9.17, 15) is 75.1 Å². The molecule has 5 aliphatic rings. The summed E-state index contributed by atoms with van der Waals surface area (Å²) in [5.41, 5.74) is 2.08. The normalized spacial score (nSPS) is 21.9.